The maximum Gasteiger partial charge on any atom is 0.254 e. The van der Waals surface area contributed by atoms with Crippen molar-refractivity contribution in [3.63, 3.8) is 0 Å². The van der Waals surface area contributed by atoms with E-state index >= 15 is 0 Å². The molecule has 5 nitrogen and oxygen atoms in total. The first kappa shape index (κ1) is 19.3. The molecule has 1 fully saturated rings. The minimum atomic E-state index is -0.371. The minimum absolute atomic E-state index is 0.143. The van der Waals surface area contributed by atoms with E-state index in [-0.39, 0.29) is 17.8 Å². The molecule has 1 saturated heterocycles. The van der Waals surface area contributed by atoms with Crippen LogP contribution in [-0.2, 0) is 0 Å². The first-order chi connectivity index (χ1) is 14.1. The van der Waals surface area contributed by atoms with Gasteiger partial charge in [-0.3, -0.25) is 9.69 Å². The zero-order valence-electron chi connectivity index (χ0n) is 16.5. The summed E-state index contributed by atoms with van der Waals surface area (Å²) in [5.74, 6) is -0.561. The number of nitrogens with zero attached hydrogens (tertiary/aromatic N) is 3. The SMILES string of the molecule is Cc1c(C(=O)NCC(c2ccccc2)N2CCCC2)cnn1-c1ccccc1F. The van der Waals surface area contributed by atoms with Crippen LogP contribution < -0.4 is 5.32 Å². The van der Waals surface area contributed by atoms with Gasteiger partial charge in [-0.2, -0.15) is 5.10 Å². The van der Waals surface area contributed by atoms with Crippen LogP contribution in [0.2, 0.25) is 0 Å². The van der Waals surface area contributed by atoms with Crippen LogP contribution in [0.3, 0.4) is 0 Å². The molecule has 1 unspecified atom stereocenters. The van der Waals surface area contributed by atoms with Gasteiger partial charge in [-0.25, -0.2) is 9.07 Å². The van der Waals surface area contributed by atoms with Crippen molar-refractivity contribution >= 4 is 5.91 Å². The summed E-state index contributed by atoms with van der Waals surface area (Å²) in [6, 6.07) is 16.8. The lowest BCUT2D eigenvalue weighted by molar-refractivity contribution is 0.0937. The van der Waals surface area contributed by atoms with Gasteiger partial charge in [0.2, 0.25) is 0 Å². The number of hydrogen-bond acceptors (Lipinski definition) is 3. The monoisotopic (exact) mass is 392 g/mol. The van der Waals surface area contributed by atoms with Gasteiger partial charge in [0.1, 0.15) is 11.5 Å². The van der Waals surface area contributed by atoms with Crippen LogP contribution >= 0.6 is 0 Å². The van der Waals surface area contributed by atoms with Crippen LogP contribution in [0.1, 0.15) is 40.5 Å². The molecule has 1 atom stereocenters. The van der Waals surface area contributed by atoms with E-state index < -0.39 is 0 Å². The Morgan fingerprint density at radius 1 is 1.10 bits per heavy atom. The second-order valence-corrected chi connectivity index (χ2v) is 7.39. The Hall–Kier alpha value is -2.99. The summed E-state index contributed by atoms with van der Waals surface area (Å²) in [7, 11) is 0. The number of benzene rings is 2. The number of nitrogens with one attached hydrogen (secondary N) is 1. The average molecular weight is 392 g/mol. The van der Waals surface area contributed by atoms with E-state index in [0.717, 1.165) is 13.1 Å². The van der Waals surface area contributed by atoms with Crippen LogP contribution in [0.5, 0.6) is 0 Å². The molecule has 29 heavy (non-hydrogen) atoms. The third kappa shape index (κ3) is 4.07. The Bertz CT molecular complexity index is 980. The van der Waals surface area contributed by atoms with E-state index in [2.05, 4.69) is 27.4 Å². The smallest absolute Gasteiger partial charge is 0.254 e. The number of likely N-dealkylation sites (tertiary alicyclic amines) is 1. The van der Waals surface area contributed by atoms with Gasteiger partial charge in [0.05, 0.1) is 23.5 Å². The number of carbonyl (C=O) groups excluding carboxylic acids is 1. The molecule has 1 aromatic heterocycles. The molecule has 0 saturated carbocycles. The summed E-state index contributed by atoms with van der Waals surface area (Å²) < 4.78 is 15.6. The molecule has 2 aromatic carbocycles. The highest BCUT2D eigenvalue weighted by molar-refractivity contribution is 5.95. The first-order valence-corrected chi connectivity index (χ1v) is 10.0. The molecular weight excluding hydrogens is 367 g/mol. The molecule has 1 N–H and O–H groups in total. The highest BCUT2D eigenvalue weighted by atomic mass is 19.1. The fourth-order valence-electron chi connectivity index (χ4n) is 3.97. The van der Waals surface area contributed by atoms with Crippen molar-refractivity contribution in [2.24, 2.45) is 0 Å². The van der Waals surface area contributed by atoms with Crippen molar-refractivity contribution in [3.8, 4) is 5.69 Å². The second-order valence-electron chi connectivity index (χ2n) is 7.39. The molecule has 6 heteroatoms. The van der Waals surface area contributed by atoms with Crippen molar-refractivity contribution < 1.29 is 9.18 Å². The predicted octanol–water partition coefficient (Wildman–Crippen LogP) is 3.89. The quantitative estimate of drug-likeness (QED) is 0.693. The second kappa shape index (κ2) is 8.57. The van der Waals surface area contributed by atoms with Crippen LogP contribution in [0, 0.1) is 12.7 Å². The van der Waals surface area contributed by atoms with E-state index in [1.807, 2.05) is 18.2 Å². The molecular formula is C23H25FN4O. The third-order valence-corrected chi connectivity index (χ3v) is 5.56. The fourth-order valence-corrected chi connectivity index (χ4v) is 3.97. The van der Waals surface area contributed by atoms with Gasteiger partial charge in [0, 0.05) is 6.54 Å². The van der Waals surface area contributed by atoms with E-state index in [0.29, 0.717) is 23.5 Å². The lowest BCUT2D eigenvalue weighted by Crippen LogP contribution is -2.36. The number of rotatable bonds is 6. The standard InChI is InChI=1S/C23H25FN4O/c1-17-19(15-26-28(17)21-12-6-5-11-20(21)24)23(29)25-16-22(27-13-7-8-14-27)18-9-3-2-4-10-18/h2-6,9-12,15,22H,7-8,13-14,16H2,1H3,(H,25,29). The van der Waals surface area contributed by atoms with Crippen molar-refractivity contribution in [3.05, 3.63) is 83.4 Å². The number of carbonyl (C=O) groups is 1. The number of aromatic nitrogens is 2. The Kier molecular flexibility index (Phi) is 5.71. The summed E-state index contributed by atoms with van der Waals surface area (Å²) in [4.78, 5) is 15.3. The molecule has 150 valence electrons. The summed E-state index contributed by atoms with van der Waals surface area (Å²) in [5, 5.41) is 7.30. The Morgan fingerprint density at radius 3 is 2.52 bits per heavy atom. The topological polar surface area (TPSA) is 50.2 Å². The summed E-state index contributed by atoms with van der Waals surface area (Å²) in [6.45, 7) is 4.38. The van der Waals surface area contributed by atoms with Crippen LogP contribution in [0.15, 0.2) is 60.8 Å². The Morgan fingerprint density at radius 2 is 1.79 bits per heavy atom. The summed E-state index contributed by atoms with van der Waals surface area (Å²) in [6.07, 6.45) is 3.88. The summed E-state index contributed by atoms with van der Waals surface area (Å²) >= 11 is 0. The van der Waals surface area contributed by atoms with Gasteiger partial charge < -0.3 is 5.32 Å². The van der Waals surface area contributed by atoms with Crippen molar-refractivity contribution in [1.82, 2.24) is 20.0 Å². The van der Waals surface area contributed by atoms with Crippen LogP contribution in [0.25, 0.3) is 5.69 Å². The summed E-state index contributed by atoms with van der Waals surface area (Å²) in [5.41, 5.74) is 2.61. The van der Waals surface area contributed by atoms with E-state index in [4.69, 9.17) is 0 Å². The number of halogens is 1. The van der Waals surface area contributed by atoms with Gasteiger partial charge in [0.15, 0.2) is 0 Å². The fraction of sp³-hybridized carbons (Fsp3) is 0.304. The molecule has 0 bridgehead atoms. The van der Waals surface area contributed by atoms with Gasteiger partial charge >= 0.3 is 0 Å². The molecule has 3 aromatic rings. The molecule has 0 aliphatic carbocycles. The molecule has 1 aliphatic heterocycles. The zero-order valence-corrected chi connectivity index (χ0v) is 16.5. The van der Waals surface area contributed by atoms with Gasteiger partial charge in [-0.1, -0.05) is 42.5 Å². The highest BCUT2D eigenvalue weighted by Gasteiger charge is 2.25. The number of hydrogen-bond donors (Lipinski definition) is 1. The van der Waals surface area contributed by atoms with E-state index in [9.17, 15) is 9.18 Å². The Labute approximate surface area is 170 Å². The molecule has 2 heterocycles. The first-order valence-electron chi connectivity index (χ1n) is 10.0. The lowest BCUT2D eigenvalue weighted by atomic mass is 10.1. The molecule has 0 radical (unpaired) electrons. The van der Waals surface area contributed by atoms with Gasteiger partial charge in [-0.05, 0) is 50.6 Å². The largest absolute Gasteiger partial charge is 0.350 e. The maximum absolute atomic E-state index is 14.1. The number of para-hydroxylation sites is 1. The van der Waals surface area contributed by atoms with Gasteiger partial charge in [0.25, 0.3) is 5.91 Å². The van der Waals surface area contributed by atoms with Crippen LogP contribution in [0.4, 0.5) is 4.39 Å². The molecule has 0 spiro atoms. The molecule has 1 aliphatic rings. The Balaban J connectivity index is 1.51. The van der Waals surface area contributed by atoms with Gasteiger partial charge in [-0.15, -0.1) is 0 Å². The van der Waals surface area contributed by atoms with Crippen molar-refractivity contribution in [2.75, 3.05) is 19.6 Å². The van der Waals surface area contributed by atoms with Crippen molar-refractivity contribution in [2.45, 2.75) is 25.8 Å². The predicted molar refractivity (Wildman–Crippen MR) is 111 cm³/mol. The normalized spacial score (nSPS) is 15.4. The maximum atomic E-state index is 14.1. The zero-order chi connectivity index (χ0) is 20.2. The van der Waals surface area contributed by atoms with E-state index in [1.165, 1.54) is 35.4 Å². The molecule has 1 amide bonds. The highest BCUT2D eigenvalue weighted by Crippen LogP contribution is 2.25. The third-order valence-electron chi connectivity index (χ3n) is 5.56. The number of amides is 1. The van der Waals surface area contributed by atoms with E-state index in [1.54, 1.807) is 25.1 Å². The average Bonchev–Trinajstić information content (AvgIpc) is 3.40. The van der Waals surface area contributed by atoms with Crippen LogP contribution in [-0.4, -0.2) is 40.2 Å². The minimum Gasteiger partial charge on any atom is -0.350 e. The molecule has 4 rings (SSSR count). The van der Waals surface area contributed by atoms with Crippen molar-refractivity contribution in [1.29, 1.82) is 0 Å². The lowest BCUT2D eigenvalue weighted by Gasteiger charge is -2.28.